The maximum atomic E-state index is 12.5. The van der Waals surface area contributed by atoms with Crippen LogP contribution in [0, 0.1) is 0 Å². The summed E-state index contributed by atoms with van der Waals surface area (Å²) in [6.45, 7) is 17.8. The third-order valence-electron chi connectivity index (χ3n) is 1.52. The Labute approximate surface area is 121 Å². The monoisotopic (exact) mass is 342 g/mol. The fourth-order valence-electron chi connectivity index (χ4n) is 1.29. The molecule has 1 unspecified atom stereocenters. The van der Waals surface area contributed by atoms with Crippen molar-refractivity contribution in [2.75, 3.05) is 0 Å². The molecule has 0 radical (unpaired) electrons. The van der Waals surface area contributed by atoms with E-state index in [-0.39, 0.29) is 0 Å². The van der Waals surface area contributed by atoms with Crippen LogP contribution >= 0.6 is 8.03 Å². The van der Waals surface area contributed by atoms with Crippen molar-refractivity contribution in [3.05, 3.63) is 0 Å². The van der Waals surface area contributed by atoms with Crippen molar-refractivity contribution >= 4 is 33.0 Å². The molecule has 0 bridgehead atoms. The summed E-state index contributed by atoms with van der Waals surface area (Å²) < 4.78 is 29.8. The van der Waals surface area contributed by atoms with E-state index in [4.69, 9.17) is 18.8 Å². The molecular formula is C10H29NO4PSi3+. The second kappa shape index (κ2) is 6.15. The van der Waals surface area contributed by atoms with E-state index in [1.54, 1.807) is 0 Å². The highest BCUT2D eigenvalue weighted by molar-refractivity contribution is 7.42. The first-order chi connectivity index (χ1) is 8.04. The molecule has 1 atom stereocenters. The molecule has 0 aliphatic rings. The minimum absolute atomic E-state index is 1.62. The lowest BCUT2D eigenvalue weighted by Crippen LogP contribution is -2.54. The Morgan fingerprint density at radius 3 is 1.32 bits per heavy atom. The van der Waals surface area contributed by atoms with Crippen molar-refractivity contribution < 1.29 is 17.6 Å². The van der Waals surface area contributed by atoms with Crippen LogP contribution in [-0.2, 0) is 17.6 Å². The van der Waals surface area contributed by atoms with Gasteiger partial charge in [-0.3, -0.25) is 0 Å². The van der Waals surface area contributed by atoms with Gasteiger partial charge >= 0.3 is 13.7 Å². The van der Waals surface area contributed by atoms with Gasteiger partial charge in [0.15, 0.2) is 16.6 Å². The average Bonchev–Trinajstić information content (AvgIpc) is 1.91. The van der Waals surface area contributed by atoms with Crippen molar-refractivity contribution in [2.45, 2.75) is 64.6 Å². The van der Waals surface area contributed by atoms with Gasteiger partial charge in [-0.25, -0.2) is 5.73 Å². The molecule has 0 fully saturated rings. The maximum absolute atomic E-state index is 12.5. The van der Waals surface area contributed by atoms with Crippen LogP contribution in [0.5, 0.6) is 0 Å². The van der Waals surface area contributed by atoms with Gasteiger partial charge in [-0.1, -0.05) is 0 Å². The van der Waals surface area contributed by atoms with Gasteiger partial charge in [-0.05, 0) is 63.5 Å². The zero-order valence-corrected chi connectivity index (χ0v) is 17.6. The van der Waals surface area contributed by atoms with Gasteiger partial charge in [-0.2, -0.15) is 4.21 Å². The second-order valence-electron chi connectivity index (χ2n) is 7.52. The highest BCUT2D eigenvalue weighted by atomic mass is 31.1. The number of hydrogen-bond acceptors (Lipinski definition) is 5. The molecule has 0 rings (SSSR count). The Morgan fingerprint density at radius 2 is 1.11 bits per heavy atom. The van der Waals surface area contributed by atoms with Crippen LogP contribution in [0.25, 0.3) is 0 Å². The summed E-state index contributed by atoms with van der Waals surface area (Å²) in [6.07, 6.45) is 0. The smallest absolute Gasteiger partial charge is 0.338 e. The normalized spacial score (nSPS) is 15.6. The van der Waals surface area contributed by atoms with Crippen LogP contribution < -0.4 is 5.73 Å². The fraction of sp³-hybridized carbons (Fsp3) is 1.00. The van der Waals surface area contributed by atoms with E-state index in [9.17, 15) is 4.57 Å². The molecule has 0 aromatic carbocycles. The van der Waals surface area contributed by atoms with Gasteiger partial charge in [0.05, 0.1) is 0 Å². The Hall–Kier alpha value is 0.591. The molecule has 19 heavy (non-hydrogen) atoms. The van der Waals surface area contributed by atoms with Crippen LogP contribution in [0.15, 0.2) is 0 Å². The Bertz CT molecular complexity index is 317. The lowest BCUT2D eigenvalue weighted by molar-refractivity contribution is -0.0516. The summed E-state index contributed by atoms with van der Waals surface area (Å²) in [4.78, 5) is 0. The molecule has 0 amide bonds. The van der Waals surface area contributed by atoms with E-state index >= 15 is 0 Å². The van der Waals surface area contributed by atoms with Crippen LogP contribution in [-0.4, -0.2) is 30.6 Å². The first kappa shape index (κ1) is 19.6. The summed E-state index contributed by atoms with van der Waals surface area (Å²) in [5.74, 6) is 0. The van der Waals surface area contributed by atoms with Gasteiger partial charge in [0.2, 0.25) is 0 Å². The summed E-state index contributed by atoms with van der Waals surface area (Å²) >= 11 is 0. The van der Waals surface area contributed by atoms with Crippen LogP contribution in [0.2, 0.25) is 58.9 Å². The topological polar surface area (TPSA) is 70.8 Å². The van der Waals surface area contributed by atoms with Gasteiger partial charge in [-0.15, -0.1) is 0 Å². The van der Waals surface area contributed by atoms with Crippen LogP contribution in [0.1, 0.15) is 0 Å². The predicted molar refractivity (Wildman–Crippen MR) is 87.8 cm³/mol. The quantitative estimate of drug-likeness (QED) is 0.432. The standard InChI is InChI=1S/C10H29NO4PSi3/c1-17(2,3)13-10(11,14-18(4,5)6)16(12)15-19(7,8)9/h11H2,1-9H3/q+1. The molecule has 114 valence electrons. The van der Waals surface area contributed by atoms with Crippen molar-refractivity contribution in [2.24, 2.45) is 5.73 Å². The van der Waals surface area contributed by atoms with Crippen LogP contribution in [0.4, 0.5) is 0 Å². The summed E-state index contributed by atoms with van der Waals surface area (Å²) in [7, 11) is -8.22. The molecule has 5 nitrogen and oxygen atoms in total. The number of nitrogens with two attached hydrogens (primary N) is 1. The minimum Gasteiger partial charge on any atom is -0.338 e. The fourth-order valence-corrected chi connectivity index (χ4v) is 7.94. The molecule has 0 saturated heterocycles. The largest absolute Gasteiger partial charge is 0.581 e. The Balaban J connectivity index is 5.22. The maximum Gasteiger partial charge on any atom is 0.581 e. The first-order valence-corrected chi connectivity index (χ1v) is 17.8. The zero-order chi connectivity index (χ0) is 15.7. The Morgan fingerprint density at radius 1 is 0.789 bits per heavy atom. The van der Waals surface area contributed by atoms with E-state index in [2.05, 4.69) is 0 Å². The van der Waals surface area contributed by atoms with Crippen molar-refractivity contribution in [3.8, 4) is 0 Å². The number of rotatable bonds is 7. The summed E-state index contributed by atoms with van der Waals surface area (Å²) in [5.41, 5.74) is 4.54. The predicted octanol–water partition coefficient (Wildman–Crippen LogP) is 3.85. The third kappa shape index (κ3) is 9.19. The molecular weight excluding hydrogens is 313 g/mol. The SMILES string of the molecule is C[Si](C)(C)O[P+](=O)C(N)(O[Si](C)(C)C)O[Si](C)(C)C. The second-order valence-corrected chi connectivity index (χ2v) is 22.5. The highest BCUT2D eigenvalue weighted by Gasteiger charge is 2.57. The van der Waals surface area contributed by atoms with Crippen molar-refractivity contribution in [1.29, 1.82) is 0 Å². The van der Waals surface area contributed by atoms with E-state index in [1.165, 1.54) is 0 Å². The lowest BCUT2D eigenvalue weighted by atomic mass is 11.2. The van der Waals surface area contributed by atoms with Gasteiger partial charge < -0.3 is 8.85 Å². The average molecular weight is 343 g/mol. The summed E-state index contributed by atoms with van der Waals surface area (Å²) in [5, 5.41) is 0. The molecule has 0 saturated carbocycles. The van der Waals surface area contributed by atoms with E-state index in [1.807, 2.05) is 58.9 Å². The van der Waals surface area contributed by atoms with Crippen LogP contribution in [0.3, 0.4) is 0 Å². The number of hydrogen-bond donors (Lipinski definition) is 1. The first-order valence-electron chi connectivity index (χ1n) is 6.40. The summed E-state index contributed by atoms with van der Waals surface area (Å²) in [6, 6.07) is 0. The molecule has 0 heterocycles. The van der Waals surface area contributed by atoms with Crippen molar-refractivity contribution in [3.63, 3.8) is 0 Å². The molecule has 2 N–H and O–H groups in total. The zero-order valence-electron chi connectivity index (χ0n) is 13.7. The molecule has 0 aromatic heterocycles. The van der Waals surface area contributed by atoms with Crippen molar-refractivity contribution in [1.82, 2.24) is 0 Å². The van der Waals surface area contributed by atoms with E-state index < -0.39 is 38.6 Å². The third-order valence-corrected chi connectivity index (χ3v) is 7.24. The van der Waals surface area contributed by atoms with E-state index in [0.29, 0.717) is 0 Å². The molecule has 0 aromatic rings. The lowest BCUT2D eigenvalue weighted by Gasteiger charge is -2.31. The Kier molecular flexibility index (Phi) is 6.34. The van der Waals surface area contributed by atoms with Gasteiger partial charge in [0.1, 0.15) is 0 Å². The van der Waals surface area contributed by atoms with Gasteiger partial charge in [0, 0.05) is 0 Å². The molecule has 0 aliphatic heterocycles. The highest BCUT2D eigenvalue weighted by Crippen LogP contribution is 2.43. The van der Waals surface area contributed by atoms with Gasteiger partial charge in [0.25, 0.3) is 8.32 Å². The molecule has 9 heteroatoms. The molecule has 0 spiro atoms. The van der Waals surface area contributed by atoms with E-state index in [0.717, 1.165) is 0 Å². The minimum atomic E-state index is -2.23. The molecule has 0 aliphatic carbocycles.